The average Bonchev–Trinajstić information content (AvgIpc) is 2.19. The largest absolute Gasteiger partial charge is 0.258 e. The second kappa shape index (κ2) is 1.81. The van der Waals surface area contributed by atoms with Gasteiger partial charge in [0.15, 0.2) is 0 Å². The van der Waals surface area contributed by atoms with Crippen LogP contribution in [-0.2, 0) is 10.8 Å². The molecular formula is C7H8OS. The molecule has 0 saturated carbocycles. The molecule has 2 rings (SSSR count). The summed E-state index contributed by atoms with van der Waals surface area (Å²) in [7, 11) is -0.617. The van der Waals surface area contributed by atoms with Crippen LogP contribution in [0.3, 0.4) is 0 Å². The summed E-state index contributed by atoms with van der Waals surface area (Å²) in [5, 5.41) is 0.573. The van der Waals surface area contributed by atoms with Crippen LogP contribution in [-0.4, -0.2) is 14.7 Å². The average molecular weight is 140 g/mol. The highest BCUT2D eigenvalue weighted by atomic mass is 32.2. The molecule has 0 spiro atoms. The van der Waals surface area contributed by atoms with Gasteiger partial charge in [0, 0.05) is 10.8 Å². The molecule has 0 aliphatic carbocycles. The molecule has 0 aromatic carbocycles. The Bertz CT molecular complexity index is 203. The third kappa shape index (κ3) is 0.697. The molecule has 0 saturated heterocycles. The predicted octanol–water partition coefficient (Wildman–Crippen LogP) is 1.00. The van der Waals surface area contributed by atoms with Crippen LogP contribution in [0.5, 0.6) is 0 Å². The lowest BCUT2D eigenvalue weighted by Crippen LogP contribution is -2.18. The van der Waals surface area contributed by atoms with Crippen LogP contribution in [0.25, 0.3) is 0 Å². The fraction of sp³-hybridized carbons (Fsp3) is 0.429. The van der Waals surface area contributed by atoms with Crippen molar-refractivity contribution in [3.8, 4) is 0 Å². The zero-order valence-electron chi connectivity index (χ0n) is 4.99. The molecule has 9 heavy (non-hydrogen) atoms. The van der Waals surface area contributed by atoms with Crippen LogP contribution in [0.15, 0.2) is 24.3 Å². The van der Waals surface area contributed by atoms with Crippen LogP contribution >= 0.6 is 0 Å². The Hall–Kier alpha value is -0.370. The van der Waals surface area contributed by atoms with Gasteiger partial charge in [-0.05, 0) is 6.42 Å². The number of rotatable bonds is 0. The molecule has 2 bridgehead atoms. The lowest BCUT2D eigenvalue weighted by Gasteiger charge is -2.11. The molecule has 0 N–H and O–H groups in total. The zero-order chi connectivity index (χ0) is 6.27. The summed E-state index contributed by atoms with van der Waals surface area (Å²) in [5.41, 5.74) is 0. The molecule has 2 heteroatoms. The summed E-state index contributed by atoms with van der Waals surface area (Å²) in [6, 6.07) is 0. The van der Waals surface area contributed by atoms with Gasteiger partial charge in [0.05, 0.1) is 10.5 Å². The van der Waals surface area contributed by atoms with Crippen molar-refractivity contribution in [3.05, 3.63) is 24.3 Å². The maximum atomic E-state index is 11.2. The summed E-state index contributed by atoms with van der Waals surface area (Å²) in [6.45, 7) is 0. The van der Waals surface area contributed by atoms with E-state index in [2.05, 4.69) is 12.2 Å². The third-order valence-corrected chi connectivity index (χ3v) is 3.57. The van der Waals surface area contributed by atoms with Crippen molar-refractivity contribution in [3.63, 3.8) is 0 Å². The topological polar surface area (TPSA) is 17.1 Å². The third-order valence-electron chi connectivity index (χ3n) is 1.78. The highest BCUT2D eigenvalue weighted by Gasteiger charge is 2.27. The first-order chi connectivity index (χ1) is 4.38. The molecule has 0 aromatic heterocycles. The highest BCUT2D eigenvalue weighted by molar-refractivity contribution is 7.87. The second-order valence-electron chi connectivity index (χ2n) is 2.38. The number of allylic oxidation sites excluding steroid dienone is 1. The molecule has 48 valence electrons. The van der Waals surface area contributed by atoms with E-state index in [-0.39, 0.29) is 5.25 Å². The van der Waals surface area contributed by atoms with E-state index in [0.29, 0.717) is 5.25 Å². The molecule has 2 aliphatic rings. The molecule has 3 atom stereocenters. The molecule has 3 unspecified atom stereocenters. The lowest BCUT2D eigenvalue weighted by molar-refractivity contribution is 0.677. The quantitative estimate of drug-likeness (QED) is 0.459. The van der Waals surface area contributed by atoms with Crippen LogP contribution in [0, 0.1) is 0 Å². The summed E-state index contributed by atoms with van der Waals surface area (Å²) in [5.74, 6) is 0. The van der Waals surface area contributed by atoms with Gasteiger partial charge in [0.25, 0.3) is 0 Å². The van der Waals surface area contributed by atoms with E-state index < -0.39 is 10.8 Å². The SMILES string of the molecule is O=S1C2C=CCC1C=C2. The van der Waals surface area contributed by atoms with Crippen molar-refractivity contribution in [1.29, 1.82) is 0 Å². The number of fused-ring (bicyclic) bond motifs is 2. The fourth-order valence-electron chi connectivity index (χ4n) is 1.25. The minimum Gasteiger partial charge on any atom is -0.258 e. The van der Waals surface area contributed by atoms with Gasteiger partial charge in [-0.3, -0.25) is 4.21 Å². The van der Waals surface area contributed by atoms with Crippen LogP contribution in [0.1, 0.15) is 6.42 Å². The van der Waals surface area contributed by atoms with E-state index in [1.807, 2.05) is 12.2 Å². The van der Waals surface area contributed by atoms with Gasteiger partial charge in [-0.15, -0.1) is 0 Å². The Morgan fingerprint density at radius 2 is 2.22 bits per heavy atom. The molecule has 2 heterocycles. The first kappa shape index (κ1) is 5.42. The van der Waals surface area contributed by atoms with Crippen LogP contribution in [0.4, 0.5) is 0 Å². The molecule has 0 fully saturated rings. The summed E-state index contributed by atoms with van der Waals surface area (Å²) >= 11 is 0. The van der Waals surface area contributed by atoms with Crippen molar-refractivity contribution in [2.24, 2.45) is 0 Å². The normalized spacial score (nSPS) is 46.0. The van der Waals surface area contributed by atoms with Crippen molar-refractivity contribution in [2.45, 2.75) is 16.9 Å². The zero-order valence-corrected chi connectivity index (χ0v) is 5.80. The highest BCUT2D eigenvalue weighted by Crippen LogP contribution is 2.24. The second-order valence-corrected chi connectivity index (χ2v) is 4.19. The van der Waals surface area contributed by atoms with Gasteiger partial charge in [0.1, 0.15) is 0 Å². The molecule has 0 aromatic rings. The van der Waals surface area contributed by atoms with Gasteiger partial charge in [0.2, 0.25) is 0 Å². The standard InChI is InChI=1S/C7H8OS/c8-9-6-2-1-3-7(9)5-4-6/h1-2,4-7H,3H2. The van der Waals surface area contributed by atoms with Gasteiger partial charge in [-0.25, -0.2) is 0 Å². The molecule has 2 aliphatic heterocycles. The van der Waals surface area contributed by atoms with Crippen molar-refractivity contribution >= 4 is 10.8 Å². The molecule has 0 amide bonds. The summed E-state index contributed by atoms with van der Waals surface area (Å²) < 4.78 is 11.2. The van der Waals surface area contributed by atoms with Crippen molar-refractivity contribution in [2.75, 3.05) is 0 Å². The molecular weight excluding hydrogens is 132 g/mol. The fourth-order valence-corrected chi connectivity index (χ4v) is 2.71. The first-order valence-electron chi connectivity index (χ1n) is 3.12. The Morgan fingerprint density at radius 3 is 2.89 bits per heavy atom. The Morgan fingerprint density at radius 1 is 1.33 bits per heavy atom. The van der Waals surface area contributed by atoms with E-state index >= 15 is 0 Å². The lowest BCUT2D eigenvalue weighted by atomic mass is 10.3. The molecule has 1 nitrogen and oxygen atoms in total. The van der Waals surface area contributed by atoms with Gasteiger partial charge in [-0.2, -0.15) is 0 Å². The summed E-state index contributed by atoms with van der Waals surface area (Å²) in [4.78, 5) is 0. The van der Waals surface area contributed by atoms with E-state index in [0.717, 1.165) is 6.42 Å². The van der Waals surface area contributed by atoms with Crippen LogP contribution < -0.4 is 0 Å². The van der Waals surface area contributed by atoms with Crippen LogP contribution in [0.2, 0.25) is 0 Å². The molecule has 0 radical (unpaired) electrons. The van der Waals surface area contributed by atoms with E-state index in [1.165, 1.54) is 0 Å². The van der Waals surface area contributed by atoms with E-state index in [4.69, 9.17) is 0 Å². The smallest absolute Gasteiger partial charge is 0.0714 e. The number of hydrogen-bond donors (Lipinski definition) is 0. The maximum Gasteiger partial charge on any atom is 0.0714 e. The first-order valence-corrected chi connectivity index (χ1v) is 4.40. The van der Waals surface area contributed by atoms with Crippen molar-refractivity contribution in [1.82, 2.24) is 0 Å². The Balaban J connectivity index is 2.41. The monoisotopic (exact) mass is 140 g/mol. The van der Waals surface area contributed by atoms with Gasteiger partial charge >= 0.3 is 0 Å². The van der Waals surface area contributed by atoms with Gasteiger partial charge < -0.3 is 0 Å². The Labute approximate surface area is 56.9 Å². The predicted molar refractivity (Wildman–Crippen MR) is 38.6 cm³/mol. The maximum absolute atomic E-state index is 11.2. The minimum absolute atomic E-state index is 0.240. The van der Waals surface area contributed by atoms with E-state index in [9.17, 15) is 4.21 Å². The van der Waals surface area contributed by atoms with Crippen molar-refractivity contribution < 1.29 is 4.21 Å². The summed E-state index contributed by atoms with van der Waals surface area (Å²) in [6.07, 6.45) is 9.25. The Kier molecular flexibility index (Phi) is 1.09. The number of hydrogen-bond acceptors (Lipinski definition) is 1. The van der Waals surface area contributed by atoms with E-state index in [1.54, 1.807) is 0 Å². The minimum atomic E-state index is -0.617. The van der Waals surface area contributed by atoms with Gasteiger partial charge in [-0.1, -0.05) is 24.3 Å².